The fraction of sp³-hybridized carbons (Fsp3) is 0.276. The highest BCUT2D eigenvalue weighted by atomic mass is 32.1. The van der Waals surface area contributed by atoms with Gasteiger partial charge in [-0.05, 0) is 81.7 Å². The van der Waals surface area contributed by atoms with E-state index in [1.165, 1.54) is 11.3 Å². The Bertz CT molecular complexity index is 1550. The molecule has 0 bridgehead atoms. The predicted molar refractivity (Wildman–Crippen MR) is 151 cm³/mol. The molecule has 2 aromatic heterocycles. The predicted octanol–water partition coefficient (Wildman–Crippen LogP) is 6.21. The van der Waals surface area contributed by atoms with Gasteiger partial charge in [-0.15, -0.1) is 11.3 Å². The number of amides is 3. The van der Waals surface area contributed by atoms with E-state index in [1.807, 2.05) is 62.4 Å². The van der Waals surface area contributed by atoms with E-state index in [9.17, 15) is 9.59 Å². The maximum absolute atomic E-state index is 13.6. The van der Waals surface area contributed by atoms with Crippen LogP contribution in [0.3, 0.4) is 0 Å². The van der Waals surface area contributed by atoms with Crippen LogP contribution in [-0.4, -0.2) is 48.0 Å². The molecule has 38 heavy (non-hydrogen) atoms. The third-order valence-electron chi connectivity index (χ3n) is 7.33. The number of likely N-dealkylation sites (N-methyl/N-ethyl adjacent to an activating group) is 1. The molecule has 8 nitrogen and oxygen atoms in total. The number of pyridine rings is 1. The fourth-order valence-electron chi connectivity index (χ4n) is 5.27. The van der Waals surface area contributed by atoms with Crippen LogP contribution in [0.15, 0.2) is 54.7 Å². The molecule has 9 heteroatoms. The topological polar surface area (TPSA) is 86.8 Å². The molecular weight excluding hydrogens is 498 g/mol. The van der Waals surface area contributed by atoms with E-state index < -0.39 is 0 Å². The summed E-state index contributed by atoms with van der Waals surface area (Å²) in [7, 11) is 2.07. The van der Waals surface area contributed by atoms with Crippen LogP contribution in [0.2, 0.25) is 0 Å². The smallest absolute Gasteiger partial charge is 0.331 e. The van der Waals surface area contributed by atoms with Crippen molar-refractivity contribution in [2.75, 3.05) is 30.4 Å². The number of anilines is 3. The first-order chi connectivity index (χ1) is 18.4. The van der Waals surface area contributed by atoms with Gasteiger partial charge in [0.2, 0.25) is 0 Å². The highest BCUT2D eigenvalue weighted by Crippen LogP contribution is 2.47. The van der Waals surface area contributed by atoms with Crippen LogP contribution in [0.25, 0.3) is 10.2 Å². The van der Waals surface area contributed by atoms with Crippen LogP contribution in [-0.2, 0) is 0 Å². The molecule has 1 atom stereocenters. The lowest BCUT2D eigenvalue weighted by Crippen LogP contribution is -2.46. The molecule has 0 saturated carbocycles. The van der Waals surface area contributed by atoms with E-state index in [0.717, 1.165) is 59.6 Å². The number of hydrogen-bond acceptors (Lipinski definition) is 6. The SMILES string of the molecule is Cc1c(Oc2ccccc2)ccc(N2C(=O)Nc3c(C(=O)N[C@@H]4CCCN(C)C4)sc4nccc2c34)c1C. The normalized spacial score (nSPS) is 17.4. The third-order valence-corrected chi connectivity index (χ3v) is 8.43. The summed E-state index contributed by atoms with van der Waals surface area (Å²) in [6.45, 7) is 5.83. The number of piperidine rings is 1. The molecule has 194 valence electrons. The fourth-order valence-corrected chi connectivity index (χ4v) is 6.29. The average Bonchev–Trinajstić information content (AvgIpc) is 3.28. The number of urea groups is 1. The molecule has 2 aliphatic rings. The van der Waals surface area contributed by atoms with Gasteiger partial charge in [0.25, 0.3) is 5.91 Å². The van der Waals surface area contributed by atoms with Gasteiger partial charge >= 0.3 is 6.03 Å². The Morgan fingerprint density at radius 3 is 2.71 bits per heavy atom. The summed E-state index contributed by atoms with van der Waals surface area (Å²) >= 11 is 1.31. The summed E-state index contributed by atoms with van der Waals surface area (Å²) in [6, 6.07) is 15.0. The van der Waals surface area contributed by atoms with E-state index in [-0.39, 0.29) is 18.0 Å². The van der Waals surface area contributed by atoms with Gasteiger partial charge in [-0.25, -0.2) is 9.78 Å². The van der Waals surface area contributed by atoms with Gasteiger partial charge in [0.05, 0.1) is 22.4 Å². The molecule has 0 spiro atoms. The molecule has 2 aromatic carbocycles. The summed E-state index contributed by atoms with van der Waals surface area (Å²) in [4.78, 5) is 36.5. The van der Waals surface area contributed by atoms with Crippen molar-refractivity contribution < 1.29 is 14.3 Å². The molecule has 0 aliphatic carbocycles. The zero-order chi connectivity index (χ0) is 26.4. The standard InChI is InChI=1S/C29H29N5O3S/c1-17-18(2)23(37-20-9-5-4-6-10-20)12-11-21(17)34-22-13-14-30-28-24(22)25(32-29(34)36)26(38-28)27(35)31-19-8-7-15-33(3)16-19/h4-6,9-14,19H,7-8,15-16H2,1-3H3,(H,31,35)(H,32,36)/t19-/m1/s1. The van der Waals surface area contributed by atoms with E-state index in [0.29, 0.717) is 21.1 Å². The molecule has 0 unspecified atom stereocenters. The molecule has 1 saturated heterocycles. The van der Waals surface area contributed by atoms with Gasteiger partial charge in [-0.3, -0.25) is 9.69 Å². The monoisotopic (exact) mass is 527 g/mol. The van der Waals surface area contributed by atoms with Crippen molar-refractivity contribution in [1.29, 1.82) is 0 Å². The lowest BCUT2D eigenvalue weighted by Gasteiger charge is -2.31. The molecule has 0 radical (unpaired) electrons. The largest absolute Gasteiger partial charge is 0.457 e. The Labute approximate surface area is 225 Å². The Morgan fingerprint density at radius 1 is 1.11 bits per heavy atom. The average molecular weight is 528 g/mol. The quantitative estimate of drug-likeness (QED) is 0.322. The first kappa shape index (κ1) is 24.4. The van der Waals surface area contributed by atoms with Crippen LogP contribution in [0, 0.1) is 13.8 Å². The van der Waals surface area contributed by atoms with Crippen LogP contribution in [0.1, 0.15) is 33.6 Å². The maximum Gasteiger partial charge on any atom is 0.331 e. The number of benzene rings is 2. The van der Waals surface area contributed by atoms with Gasteiger partial charge in [-0.1, -0.05) is 18.2 Å². The van der Waals surface area contributed by atoms with Crippen molar-refractivity contribution in [1.82, 2.24) is 15.2 Å². The first-order valence-electron chi connectivity index (χ1n) is 12.8. The molecule has 4 heterocycles. The second-order valence-electron chi connectivity index (χ2n) is 9.90. The minimum atomic E-state index is -0.311. The third kappa shape index (κ3) is 4.27. The number of carbonyl (C=O) groups is 2. The Kier molecular flexibility index (Phi) is 6.25. The van der Waals surface area contributed by atoms with Crippen LogP contribution in [0.5, 0.6) is 11.5 Å². The van der Waals surface area contributed by atoms with E-state index in [1.54, 1.807) is 11.1 Å². The second kappa shape index (κ2) is 9.74. The summed E-state index contributed by atoms with van der Waals surface area (Å²) < 4.78 is 6.10. The molecular formula is C29H29N5O3S. The number of carbonyl (C=O) groups excluding carboxylic acids is 2. The second-order valence-corrected chi connectivity index (χ2v) is 10.9. The van der Waals surface area contributed by atoms with Gasteiger partial charge in [-0.2, -0.15) is 0 Å². The summed E-state index contributed by atoms with van der Waals surface area (Å²) in [5.74, 6) is 1.32. The minimum absolute atomic E-state index is 0.0872. The minimum Gasteiger partial charge on any atom is -0.457 e. The summed E-state index contributed by atoms with van der Waals surface area (Å²) in [5.41, 5.74) is 3.87. The zero-order valence-corrected chi connectivity index (χ0v) is 22.4. The van der Waals surface area contributed by atoms with Gasteiger partial charge in [0.15, 0.2) is 0 Å². The van der Waals surface area contributed by atoms with Crippen LogP contribution in [0.4, 0.5) is 21.9 Å². The molecule has 2 N–H and O–H groups in total. The molecule has 3 amide bonds. The van der Waals surface area contributed by atoms with Crippen molar-refractivity contribution in [3.8, 4) is 11.5 Å². The number of nitrogens with one attached hydrogen (secondary N) is 2. The molecule has 4 aromatic rings. The van der Waals surface area contributed by atoms with Gasteiger partial charge in [0.1, 0.15) is 21.2 Å². The number of para-hydroxylation sites is 1. The highest BCUT2D eigenvalue weighted by Gasteiger charge is 2.34. The number of ether oxygens (including phenoxy) is 1. The van der Waals surface area contributed by atoms with Gasteiger partial charge < -0.3 is 20.3 Å². The molecule has 2 aliphatic heterocycles. The number of nitrogens with zero attached hydrogens (tertiary/aromatic N) is 3. The number of thiophene rings is 1. The van der Waals surface area contributed by atoms with Gasteiger partial charge in [0, 0.05) is 18.8 Å². The van der Waals surface area contributed by atoms with E-state index in [2.05, 4.69) is 27.6 Å². The summed E-state index contributed by atoms with van der Waals surface area (Å²) in [6.07, 6.45) is 3.69. The Morgan fingerprint density at radius 2 is 1.92 bits per heavy atom. The summed E-state index contributed by atoms with van der Waals surface area (Å²) in [5, 5.41) is 6.95. The van der Waals surface area contributed by atoms with Crippen LogP contribution < -0.4 is 20.3 Å². The van der Waals surface area contributed by atoms with Crippen molar-refractivity contribution in [2.24, 2.45) is 0 Å². The van der Waals surface area contributed by atoms with Crippen LogP contribution >= 0.6 is 11.3 Å². The Hall–Kier alpha value is -3.95. The lowest BCUT2D eigenvalue weighted by molar-refractivity contribution is 0.0917. The number of aromatic nitrogens is 1. The number of rotatable bonds is 5. The lowest BCUT2D eigenvalue weighted by atomic mass is 10.0. The highest BCUT2D eigenvalue weighted by molar-refractivity contribution is 7.21. The van der Waals surface area contributed by atoms with E-state index in [4.69, 9.17) is 4.74 Å². The number of hydrogen-bond donors (Lipinski definition) is 2. The van der Waals surface area contributed by atoms with Crippen molar-refractivity contribution >= 4 is 50.6 Å². The molecule has 1 fully saturated rings. The molecule has 6 rings (SSSR count). The Balaban J connectivity index is 1.36. The zero-order valence-electron chi connectivity index (χ0n) is 21.6. The van der Waals surface area contributed by atoms with Crippen molar-refractivity contribution in [3.05, 3.63) is 70.7 Å². The van der Waals surface area contributed by atoms with Crippen molar-refractivity contribution in [3.63, 3.8) is 0 Å². The van der Waals surface area contributed by atoms with Crippen molar-refractivity contribution in [2.45, 2.75) is 32.7 Å². The maximum atomic E-state index is 13.6. The number of likely N-dealkylation sites (tertiary alicyclic amines) is 1. The first-order valence-corrected chi connectivity index (χ1v) is 13.6. The van der Waals surface area contributed by atoms with E-state index >= 15 is 0 Å².